The van der Waals surface area contributed by atoms with Crippen LogP contribution in [0.3, 0.4) is 0 Å². The molecular weight excluding hydrogens is 244 g/mol. The van der Waals surface area contributed by atoms with Crippen LogP contribution >= 0.6 is 0 Å². The number of nitrogens with two attached hydrogens (primary N) is 1. The number of amidine groups is 1. The highest BCUT2D eigenvalue weighted by Gasteiger charge is 1.98. The van der Waals surface area contributed by atoms with Gasteiger partial charge >= 0.3 is 0 Å². The highest BCUT2D eigenvalue weighted by Crippen LogP contribution is 2.11. The zero-order valence-electron chi connectivity index (χ0n) is 11.5. The van der Waals surface area contributed by atoms with Crippen molar-refractivity contribution in [1.29, 1.82) is 5.41 Å². The van der Waals surface area contributed by atoms with Crippen LogP contribution in [0.25, 0.3) is 0 Å². The molecule has 0 spiro atoms. The average Bonchev–Trinajstić information content (AvgIpc) is 2.38. The van der Waals surface area contributed by atoms with Gasteiger partial charge in [-0.3, -0.25) is 5.41 Å². The van der Waals surface area contributed by atoms with Crippen molar-refractivity contribution in [3.05, 3.63) is 29.8 Å². The molecule has 3 N–H and O–H groups in total. The van der Waals surface area contributed by atoms with Gasteiger partial charge in [0, 0.05) is 5.56 Å². The molecule has 1 aromatic carbocycles. The molecule has 5 heteroatoms. The van der Waals surface area contributed by atoms with Gasteiger partial charge in [-0.25, -0.2) is 0 Å². The summed E-state index contributed by atoms with van der Waals surface area (Å²) >= 11 is 0. The van der Waals surface area contributed by atoms with E-state index in [1.807, 2.05) is 13.8 Å². The number of rotatable bonds is 9. The smallest absolute Gasteiger partial charge is 0.122 e. The molecule has 1 rings (SSSR count). The number of benzene rings is 1. The minimum absolute atomic E-state index is 0.0556. The van der Waals surface area contributed by atoms with Crippen LogP contribution in [0, 0.1) is 5.41 Å². The molecular formula is C14H22N2O3. The third-order valence-corrected chi connectivity index (χ3v) is 2.34. The van der Waals surface area contributed by atoms with E-state index in [1.165, 1.54) is 0 Å². The predicted molar refractivity (Wildman–Crippen MR) is 74.9 cm³/mol. The van der Waals surface area contributed by atoms with Crippen molar-refractivity contribution in [2.75, 3.05) is 26.4 Å². The monoisotopic (exact) mass is 266 g/mol. The fraction of sp³-hybridized carbons (Fsp3) is 0.500. The molecule has 0 aliphatic rings. The first-order chi connectivity index (χ1) is 9.09. The van der Waals surface area contributed by atoms with Crippen LogP contribution in [-0.2, 0) is 9.47 Å². The lowest BCUT2D eigenvalue weighted by Gasteiger charge is -2.09. The van der Waals surface area contributed by atoms with Gasteiger partial charge < -0.3 is 19.9 Å². The molecule has 0 bridgehead atoms. The first kappa shape index (κ1) is 15.5. The highest BCUT2D eigenvalue weighted by atomic mass is 16.5. The lowest BCUT2D eigenvalue weighted by Crippen LogP contribution is -2.13. The molecule has 19 heavy (non-hydrogen) atoms. The number of hydrogen-bond acceptors (Lipinski definition) is 4. The van der Waals surface area contributed by atoms with E-state index in [4.69, 9.17) is 25.4 Å². The SMILES string of the molecule is CC(C)OCCOCCOc1ccc(C(=N)N)cc1. The standard InChI is InChI=1S/C14H22N2O3/c1-11(2)18-9-7-17-8-10-19-13-5-3-12(4-6-13)14(15)16/h3-6,11H,7-10H2,1-2H3,(H3,15,16). The van der Waals surface area contributed by atoms with Gasteiger partial charge in [0.15, 0.2) is 0 Å². The maximum absolute atomic E-state index is 7.27. The molecule has 106 valence electrons. The molecule has 0 aromatic heterocycles. The highest BCUT2D eigenvalue weighted by molar-refractivity contribution is 5.94. The molecule has 0 unspecified atom stereocenters. The van der Waals surface area contributed by atoms with Crippen LogP contribution in [0.2, 0.25) is 0 Å². The first-order valence-corrected chi connectivity index (χ1v) is 6.36. The molecule has 5 nitrogen and oxygen atoms in total. The van der Waals surface area contributed by atoms with Crippen molar-refractivity contribution >= 4 is 5.84 Å². The number of hydrogen-bond donors (Lipinski definition) is 2. The van der Waals surface area contributed by atoms with Crippen molar-refractivity contribution in [2.24, 2.45) is 5.73 Å². The van der Waals surface area contributed by atoms with E-state index >= 15 is 0 Å². The van der Waals surface area contributed by atoms with Gasteiger partial charge in [0.05, 0.1) is 25.9 Å². The molecule has 0 radical (unpaired) electrons. The second-order valence-electron chi connectivity index (χ2n) is 4.32. The van der Waals surface area contributed by atoms with Gasteiger partial charge in [-0.05, 0) is 38.1 Å². The van der Waals surface area contributed by atoms with Crippen LogP contribution < -0.4 is 10.5 Å². The van der Waals surface area contributed by atoms with Gasteiger partial charge in [-0.2, -0.15) is 0 Å². The average molecular weight is 266 g/mol. The summed E-state index contributed by atoms with van der Waals surface area (Å²) in [6.45, 7) is 6.18. The predicted octanol–water partition coefficient (Wildman–Crippen LogP) is 1.79. The Morgan fingerprint density at radius 1 is 1.11 bits per heavy atom. The Hall–Kier alpha value is -1.59. The third-order valence-electron chi connectivity index (χ3n) is 2.34. The molecule has 0 fully saturated rings. The van der Waals surface area contributed by atoms with Crippen LogP contribution in [0.1, 0.15) is 19.4 Å². The van der Waals surface area contributed by atoms with E-state index in [0.29, 0.717) is 32.0 Å². The Morgan fingerprint density at radius 3 is 2.32 bits per heavy atom. The van der Waals surface area contributed by atoms with Gasteiger partial charge in [-0.1, -0.05) is 0 Å². The Morgan fingerprint density at radius 2 is 1.74 bits per heavy atom. The van der Waals surface area contributed by atoms with Crippen molar-refractivity contribution in [3.63, 3.8) is 0 Å². The Bertz CT molecular complexity index is 377. The van der Waals surface area contributed by atoms with Crippen molar-refractivity contribution in [2.45, 2.75) is 20.0 Å². The Labute approximate surface area is 114 Å². The van der Waals surface area contributed by atoms with Crippen LogP contribution in [-0.4, -0.2) is 38.4 Å². The summed E-state index contributed by atoms with van der Waals surface area (Å²) in [5, 5.41) is 7.27. The number of nitrogens with one attached hydrogen (secondary N) is 1. The summed E-state index contributed by atoms with van der Waals surface area (Å²) in [7, 11) is 0. The number of ether oxygens (including phenoxy) is 3. The van der Waals surface area contributed by atoms with Gasteiger partial charge in [0.1, 0.15) is 18.2 Å². The maximum Gasteiger partial charge on any atom is 0.122 e. The lowest BCUT2D eigenvalue weighted by molar-refractivity contribution is 0.0124. The molecule has 1 aromatic rings. The topological polar surface area (TPSA) is 77.6 Å². The minimum atomic E-state index is 0.0556. The van der Waals surface area contributed by atoms with Crippen LogP contribution in [0.4, 0.5) is 0 Å². The lowest BCUT2D eigenvalue weighted by atomic mass is 10.2. The second-order valence-corrected chi connectivity index (χ2v) is 4.32. The zero-order valence-corrected chi connectivity index (χ0v) is 11.5. The van der Waals surface area contributed by atoms with Gasteiger partial charge in [0.25, 0.3) is 0 Å². The summed E-state index contributed by atoms with van der Waals surface area (Å²) in [6, 6.07) is 7.10. The number of nitrogen functional groups attached to an aromatic ring is 1. The second kappa shape index (κ2) is 8.50. The molecule has 0 heterocycles. The fourth-order valence-electron chi connectivity index (χ4n) is 1.39. The summed E-state index contributed by atoms with van der Waals surface area (Å²) in [5.74, 6) is 0.798. The molecule has 0 aliphatic carbocycles. The molecule has 0 atom stereocenters. The Balaban J connectivity index is 2.11. The summed E-state index contributed by atoms with van der Waals surface area (Å²) in [6.07, 6.45) is 0.236. The van der Waals surface area contributed by atoms with Crippen molar-refractivity contribution < 1.29 is 14.2 Å². The molecule has 0 aliphatic heterocycles. The maximum atomic E-state index is 7.27. The van der Waals surface area contributed by atoms with Crippen LogP contribution in [0.15, 0.2) is 24.3 Å². The van der Waals surface area contributed by atoms with E-state index in [1.54, 1.807) is 24.3 Å². The Kier molecular flexibility index (Phi) is 6.92. The van der Waals surface area contributed by atoms with Crippen LogP contribution in [0.5, 0.6) is 5.75 Å². The summed E-state index contributed by atoms with van der Waals surface area (Å²) in [4.78, 5) is 0. The molecule has 0 saturated carbocycles. The van der Waals surface area contributed by atoms with Crippen molar-refractivity contribution in [3.8, 4) is 5.75 Å². The molecule has 0 amide bonds. The first-order valence-electron chi connectivity index (χ1n) is 6.36. The quantitative estimate of drug-likeness (QED) is 0.406. The normalized spacial score (nSPS) is 10.7. The molecule has 0 saturated heterocycles. The van der Waals surface area contributed by atoms with Crippen molar-refractivity contribution in [1.82, 2.24) is 0 Å². The zero-order chi connectivity index (χ0) is 14.1. The van der Waals surface area contributed by atoms with E-state index < -0.39 is 0 Å². The third kappa shape index (κ3) is 6.79. The van der Waals surface area contributed by atoms with Gasteiger partial charge in [0.2, 0.25) is 0 Å². The summed E-state index contributed by atoms with van der Waals surface area (Å²) in [5.41, 5.74) is 6.05. The van der Waals surface area contributed by atoms with Gasteiger partial charge in [-0.15, -0.1) is 0 Å². The fourth-order valence-corrected chi connectivity index (χ4v) is 1.39. The summed E-state index contributed by atoms with van der Waals surface area (Å²) < 4.78 is 16.2. The van der Waals surface area contributed by atoms with E-state index in [0.717, 1.165) is 5.75 Å². The minimum Gasteiger partial charge on any atom is -0.491 e. The van der Waals surface area contributed by atoms with E-state index in [2.05, 4.69) is 0 Å². The van der Waals surface area contributed by atoms with E-state index in [9.17, 15) is 0 Å². The van der Waals surface area contributed by atoms with E-state index in [-0.39, 0.29) is 11.9 Å². The largest absolute Gasteiger partial charge is 0.491 e.